The van der Waals surface area contributed by atoms with Gasteiger partial charge >= 0.3 is 0 Å². The van der Waals surface area contributed by atoms with Crippen molar-refractivity contribution in [2.75, 3.05) is 32.8 Å². The van der Waals surface area contributed by atoms with E-state index in [-0.39, 0.29) is 5.91 Å². The van der Waals surface area contributed by atoms with Gasteiger partial charge in [0, 0.05) is 31.1 Å². The summed E-state index contributed by atoms with van der Waals surface area (Å²) < 4.78 is 5.43. The van der Waals surface area contributed by atoms with Crippen molar-refractivity contribution >= 4 is 29.1 Å². The Morgan fingerprint density at radius 3 is 2.36 bits per heavy atom. The molecule has 2 aromatic rings. The molecule has 1 atom stereocenters. The lowest BCUT2D eigenvalue weighted by Crippen LogP contribution is -2.35. The average molecular weight is 381 g/mol. The Labute approximate surface area is 158 Å². The molecule has 1 fully saturated rings. The van der Waals surface area contributed by atoms with E-state index in [0.717, 1.165) is 19.7 Å². The van der Waals surface area contributed by atoms with Gasteiger partial charge in [0.1, 0.15) is 0 Å². The van der Waals surface area contributed by atoms with E-state index in [9.17, 15) is 4.79 Å². The second-order valence-electron chi connectivity index (χ2n) is 5.64. The molecule has 3 rings (SSSR count). The van der Waals surface area contributed by atoms with Crippen LogP contribution in [0.3, 0.4) is 0 Å². The van der Waals surface area contributed by atoms with Crippen molar-refractivity contribution in [1.29, 1.82) is 0 Å². The third-order valence-corrected chi connectivity index (χ3v) is 4.38. The van der Waals surface area contributed by atoms with Crippen LogP contribution in [0.2, 0.25) is 10.0 Å². The van der Waals surface area contributed by atoms with Gasteiger partial charge in [-0.3, -0.25) is 4.79 Å². The Hall–Kier alpha value is -1.59. The van der Waals surface area contributed by atoms with Gasteiger partial charge in [-0.05, 0) is 24.3 Å². The Balaban J connectivity index is 0.000000236. The summed E-state index contributed by atoms with van der Waals surface area (Å²) in [5, 5.41) is 7.43. The van der Waals surface area contributed by atoms with E-state index in [4.69, 9.17) is 27.9 Å². The maximum atomic E-state index is 11.8. The van der Waals surface area contributed by atoms with E-state index < -0.39 is 0 Å². The van der Waals surface area contributed by atoms with Gasteiger partial charge in [-0.15, -0.1) is 0 Å². The van der Waals surface area contributed by atoms with E-state index in [2.05, 4.69) is 10.6 Å². The second kappa shape index (κ2) is 11.1. The first-order valence-corrected chi connectivity index (χ1v) is 8.94. The lowest BCUT2D eigenvalue weighted by Gasteiger charge is -2.14. The summed E-state index contributed by atoms with van der Waals surface area (Å²) in [6, 6.07) is 16.5. The number of hydrogen-bond acceptors (Lipinski definition) is 3. The molecule has 25 heavy (non-hydrogen) atoms. The minimum absolute atomic E-state index is 0.0187. The Morgan fingerprint density at radius 1 is 1.08 bits per heavy atom. The summed E-state index contributed by atoms with van der Waals surface area (Å²) in [4.78, 5) is 11.8. The number of rotatable bonds is 3. The lowest BCUT2D eigenvalue weighted by molar-refractivity contribution is 0.0921. The number of amides is 1. The van der Waals surface area contributed by atoms with Crippen LogP contribution in [0.25, 0.3) is 0 Å². The molecule has 4 nitrogen and oxygen atoms in total. The van der Waals surface area contributed by atoms with Crippen molar-refractivity contribution in [2.45, 2.75) is 0 Å². The molecular weight excluding hydrogens is 359 g/mol. The van der Waals surface area contributed by atoms with Crippen LogP contribution in [0.5, 0.6) is 0 Å². The third-order valence-electron chi connectivity index (χ3n) is 3.62. The minimum Gasteiger partial charge on any atom is -0.380 e. The molecule has 0 radical (unpaired) electrons. The summed E-state index contributed by atoms with van der Waals surface area (Å²) in [6.45, 7) is 3.91. The molecular formula is C19H22Cl2N2O2. The van der Waals surface area contributed by atoms with Gasteiger partial charge in [-0.1, -0.05) is 53.5 Å². The average Bonchev–Trinajstić information content (AvgIpc) is 2.92. The van der Waals surface area contributed by atoms with Crippen molar-refractivity contribution in [3.05, 3.63) is 70.2 Å². The van der Waals surface area contributed by atoms with Gasteiger partial charge in [0.05, 0.1) is 23.3 Å². The molecule has 1 saturated heterocycles. The maximum absolute atomic E-state index is 11.8. The highest BCUT2D eigenvalue weighted by molar-refractivity contribution is 6.41. The quantitative estimate of drug-likeness (QED) is 0.854. The van der Waals surface area contributed by atoms with Gasteiger partial charge in [0.15, 0.2) is 0 Å². The number of carbonyl (C=O) groups excluding carboxylic acids is 1. The van der Waals surface area contributed by atoms with E-state index in [1.807, 2.05) is 42.5 Å². The molecule has 1 unspecified atom stereocenters. The fraction of sp³-hybridized carbons (Fsp3) is 0.316. The number of benzene rings is 2. The molecule has 0 aromatic heterocycles. The highest BCUT2D eigenvalue weighted by Crippen LogP contribution is 2.19. The number of halogens is 2. The first-order chi connectivity index (χ1) is 12.2. The summed E-state index contributed by atoms with van der Waals surface area (Å²) in [6.07, 6.45) is 0. The smallest absolute Gasteiger partial charge is 0.251 e. The Morgan fingerprint density at radius 2 is 1.72 bits per heavy atom. The molecule has 6 heteroatoms. The van der Waals surface area contributed by atoms with Gasteiger partial charge in [-0.25, -0.2) is 0 Å². The van der Waals surface area contributed by atoms with Gasteiger partial charge in [-0.2, -0.15) is 0 Å². The Kier molecular flexibility index (Phi) is 8.77. The lowest BCUT2D eigenvalue weighted by atomic mass is 10.1. The monoisotopic (exact) mass is 380 g/mol. The summed E-state index contributed by atoms with van der Waals surface area (Å²) in [5.41, 5.74) is 0.704. The van der Waals surface area contributed by atoms with E-state index in [1.165, 1.54) is 0 Å². The summed E-state index contributed by atoms with van der Waals surface area (Å²) in [7, 11) is 0. The first-order valence-electron chi connectivity index (χ1n) is 8.18. The summed E-state index contributed by atoms with van der Waals surface area (Å²) in [5.74, 6) is 0.333. The second-order valence-corrected chi connectivity index (χ2v) is 6.45. The molecule has 134 valence electrons. The SMILES string of the molecule is Clc1ccccc1Cl.O=C(NCC1CNCCOC1)c1ccccc1. The molecule has 2 N–H and O–H groups in total. The fourth-order valence-electron chi connectivity index (χ4n) is 2.26. The molecule has 1 aliphatic rings. The van der Waals surface area contributed by atoms with Crippen LogP contribution in [0.4, 0.5) is 0 Å². The van der Waals surface area contributed by atoms with Crippen LogP contribution in [0.1, 0.15) is 10.4 Å². The molecule has 1 amide bonds. The van der Waals surface area contributed by atoms with E-state index >= 15 is 0 Å². The number of hydrogen-bond donors (Lipinski definition) is 2. The molecule has 1 heterocycles. The highest BCUT2D eigenvalue weighted by Gasteiger charge is 2.13. The van der Waals surface area contributed by atoms with Crippen molar-refractivity contribution in [3.8, 4) is 0 Å². The van der Waals surface area contributed by atoms with Crippen LogP contribution in [-0.2, 0) is 4.74 Å². The maximum Gasteiger partial charge on any atom is 0.251 e. The largest absolute Gasteiger partial charge is 0.380 e. The molecule has 0 saturated carbocycles. The first kappa shape index (κ1) is 19.7. The number of ether oxygens (including phenoxy) is 1. The van der Waals surface area contributed by atoms with Crippen LogP contribution in [0.15, 0.2) is 54.6 Å². The van der Waals surface area contributed by atoms with Crippen LogP contribution < -0.4 is 10.6 Å². The van der Waals surface area contributed by atoms with Crippen molar-refractivity contribution in [2.24, 2.45) is 5.92 Å². The highest BCUT2D eigenvalue weighted by atomic mass is 35.5. The number of carbonyl (C=O) groups is 1. The zero-order chi connectivity index (χ0) is 17.9. The predicted molar refractivity (Wildman–Crippen MR) is 102 cm³/mol. The van der Waals surface area contributed by atoms with Gasteiger partial charge in [0.25, 0.3) is 5.91 Å². The van der Waals surface area contributed by atoms with Crippen LogP contribution >= 0.6 is 23.2 Å². The van der Waals surface area contributed by atoms with Crippen molar-refractivity contribution in [1.82, 2.24) is 10.6 Å². The van der Waals surface area contributed by atoms with Gasteiger partial charge in [0.2, 0.25) is 0 Å². The van der Waals surface area contributed by atoms with Crippen molar-refractivity contribution in [3.63, 3.8) is 0 Å². The zero-order valence-electron chi connectivity index (χ0n) is 13.9. The van der Waals surface area contributed by atoms with E-state index in [0.29, 0.717) is 34.7 Å². The zero-order valence-corrected chi connectivity index (χ0v) is 15.4. The minimum atomic E-state index is -0.0187. The molecule has 1 aliphatic heterocycles. The molecule has 2 aromatic carbocycles. The predicted octanol–water partition coefficient (Wildman–Crippen LogP) is 3.65. The standard InChI is InChI=1S/C13H18N2O2.C6H4Cl2/c16-13(12-4-2-1-3-5-12)15-9-11-8-14-6-7-17-10-11;7-5-3-1-2-4-6(5)8/h1-5,11,14H,6-10H2,(H,15,16);1-4H. The Bertz CT molecular complexity index is 624. The normalized spacial score (nSPS) is 17.0. The molecule has 0 spiro atoms. The number of nitrogens with one attached hydrogen (secondary N) is 2. The third kappa shape index (κ3) is 7.45. The van der Waals surface area contributed by atoms with Crippen molar-refractivity contribution < 1.29 is 9.53 Å². The fourth-order valence-corrected chi connectivity index (χ4v) is 2.53. The molecule has 0 bridgehead atoms. The topological polar surface area (TPSA) is 50.4 Å². The molecule has 0 aliphatic carbocycles. The van der Waals surface area contributed by atoms with Crippen LogP contribution in [0, 0.1) is 5.92 Å². The summed E-state index contributed by atoms with van der Waals surface area (Å²) >= 11 is 11.2. The van der Waals surface area contributed by atoms with E-state index in [1.54, 1.807) is 12.1 Å². The van der Waals surface area contributed by atoms with Crippen LogP contribution in [-0.4, -0.2) is 38.8 Å². The van der Waals surface area contributed by atoms with Gasteiger partial charge < -0.3 is 15.4 Å².